The molecule has 0 heterocycles. The first-order valence-electron chi connectivity index (χ1n) is 4.60. The van der Waals surface area contributed by atoms with Gasteiger partial charge in [0.25, 0.3) is 0 Å². The van der Waals surface area contributed by atoms with Crippen LogP contribution < -0.4 is 0 Å². The zero-order chi connectivity index (χ0) is 11.4. The molecule has 0 saturated heterocycles. The molecule has 1 aromatic rings. The van der Waals surface area contributed by atoms with Crippen molar-refractivity contribution in [2.24, 2.45) is 0 Å². The Morgan fingerprint density at radius 3 is 2.20 bits per heavy atom. The van der Waals surface area contributed by atoms with Crippen molar-refractivity contribution in [2.75, 3.05) is 0 Å². The minimum atomic E-state index is -0.983. The van der Waals surface area contributed by atoms with E-state index in [2.05, 4.69) is 0 Å². The summed E-state index contributed by atoms with van der Waals surface area (Å²) in [5, 5.41) is 25.4. The Kier molecular flexibility index (Phi) is 3.57. The summed E-state index contributed by atoms with van der Waals surface area (Å²) in [6.07, 6.45) is -0.288. The molecule has 0 aliphatic heterocycles. The number of rotatable bonds is 4. The molecule has 0 fully saturated rings. The summed E-state index contributed by atoms with van der Waals surface area (Å²) >= 11 is 0. The first-order chi connectivity index (χ1) is 7.00. The molecule has 0 radical (unpaired) electrons. The topological polar surface area (TPSA) is 81.4 Å². The fraction of sp³-hybridized carbons (Fsp3) is 0.273. The molecule has 3 N–H and O–H groups in total. The summed E-state index contributed by atoms with van der Waals surface area (Å²) in [5.41, 5.74) is 1.14. The Balaban J connectivity index is 2.80. The Morgan fingerprint density at radius 2 is 1.80 bits per heavy atom. The minimum Gasteiger partial charge on any atom is -0.478 e. The van der Waals surface area contributed by atoms with Crippen LogP contribution in [0.5, 0.6) is 0 Å². The van der Waals surface area contributed by atoms with Gasteiger partial charge < -0.3 is 15.6 Å². The molecule has 0 amide bonds. The van der Waals surface area contributed by atoms with Crippen LogP contribution in [0.15, 0.2) is 24.3 Å². The standard InChI is InChI=1S/C11H13NO3/c1-7(13)6-10(12)8-2-4-9(5-3-8)11(14)15/h2-5,7,12-13H,6H2,1H3,(H,14,15). The quantitative estimate of drug-likeness (QED) is 0.655. The summed E-state index contributed by atoms with van der Waals surface area (Å²) in [6.45, 7) is 1.61. The van der Waals surface area contributed by atoms with E-state index < -0.39 is 12.1 Å². The second-order valence-electron chi connectivity index (χ2n) is 3.41. The van der Waals surface area contributed by atoms with E-state index in [4.69, 9.17) is 15.6 Å². The third-order valence-corrected chi connectivity index (χ3v) is 1.98. The van der Waals surface area contributed by atoms with Crippen LogP contribution in [0.3, 0.4) is 0 Å². The molecule has 0 spiro atoms. The van der Waals surface area contributed by atoms with E-state index in [1.807, 2.05) is 0 Å². The number of hydrogen-bond donors (Lipinski definition) is 3. The summed E-state index contributed by atoms with van der Waals surface area (Å²) in [7, 11) is 0. The number of aromatic carboxylic acids is 1. The number of hydrogen-bond acceptors (Lipinski definition) is 3. The molecule has 1 rings (SSSR count). The molecule has 1 aromatic carbocycles. The highest BCUT2D eigenvalue weighted by Crippen LogP contribution is 2.08. The maximum Gasteiger partial charge on any atom is 0.335 e. The third-order valence-electron chi connectivity index (χ3n) is 1.98. The Hall–Kier alpha value is -1.68. The van der Waals surface area contributed by atoms with Crippen molar-refractivity contribution in [1.82, 2.24) is 0 Å². The van der Waals surface area contributed by atoms with Gasteiger partial charge in [0.1, 0.15) is 0 Å². The Labute approximate surface area is 87.7 Å². The van der Waals surface area contributed by atoms with Gasteiger partial charge in [0.2, 0.25) is 0 Å². The minimum absolute atomic E-state index is 0.198. The zero-order valence-corrected chi connectivity index (χ0v) is 8.40. The van der Waals surface area contributed by atoms with Crippen molar-refractivity contribution in [3.05, 3.63) is 35.4 Å². The highest BCUT2D eigenvalue weighted by molar-refractivity contribution is 5.99. The average molecular weight is 207 g/mol. The van der Waals surface area contributed by atoms with Gasteiger partial charge in [-0.3, -0.25) is 0 Å². The average Bonchev–Trinajstić information content (AvgIpc) is 2.17. The molecule has 0 bridgehead atoms. The number of nitrogens with one attached hydrogen (secondary N) is 1. The van der Waals surface area contributed by atoms with Crippen LogP contribution in [0.4, 0.5) is 0 Å². The Bertz CT molecular complexity index is 368. The van der Waals surface area contributed by atoms with E-state index in [0.717, 1.165) is 0 Å². The van der Waals surface area contributed by atoms with Gasteiger partial charge in [-0.2, -0.15) is 0 Å². The maximum atomic E-state index is 10.6. The van der Waals surface area contributed by atoms with Gasteiger partial charge in [0, 0.05) is 12.1 Å². The van der Waals surface area contributed by atoms with E-state index in [1.165, 1.54) is 12.1 Å². The van der Waals surface area contributed by atoms with Gasteiger partial charge in [-0.05, 0) is 24.6 Å². The van der Waals surface area contributed by atoms with Gasteiger partial charge in [-0.15, -0.1) is 0 Å². The van der Waals surface area contributed by atoms with Crippen molar-refractivity contribution in [1.29, 1.82) is 5.41 Å². The maximum absolute atomic E-state index is 10.6. The van der Waals surface area contributed by atoms with Gasteiger partial charge in [-0.25, -0.2) is 4.79 Å². The molecule has 0 saturated carbocycles. The fourth-order valence-electron chi connectivity index (χ4n) is 1.23. The zero-order valence-electron chi connectivity index (χ0n) is 8.40. The lowest BCUT2D eigenvalue weighted by atomic mass is 10.0. The monoisotopic (exact) mass is 207 g/mol. The Morgan fingerprint density at radius 1 is 1.33 bits per heavy atom. The van der Waals surface area contributed by atoms with E-state index in [0.29, 0.717) is 11.3 Å². The predicted molar refractivity (Wildman–Crippen MR) is 56.5 cm³/mol. The van der Waals surface area contributed by atoms with E-state index in [1.54, 1.807) is 19.1 Å². The molecule has 0 aliphatic rings. The first-order valence-corrected chi connectivity index (χ1v) is 4.60. The highest BCUT2D eigenvalue weighted by Gasteiger charge is 2.07. The normalized spacial score (nSPS) is 12.1. The molecule has 4 heteroatoms. The summed E-state index contributed by atoms with van der Waals surface area (Å²) in [5.74, 6) is -0.983. The van der Waals surface area contributed by atoms with Gasteiger partial charge in [0.05, 0.1) is 11.7 Å². The van der Waals surface area contributed by atoms with Crippen LogP contribution in [0.25, 0.3) is 0 Å². The second kappa shape index (κ2) is 4.70. The highest BCUT2D eigenvalue weighted by atomic mass is 16.4. The van der Waals surface area contributed by atoms with Crippen LogP contribution in [0.1, 0.15) is 29.3 Å². The predicted octanol–water partition coefficient (Wildman–Crippen LogP) is 1.52. The summed E-state index contributed by atoms with van der Waals surface area (Å²) in [4.78, 5) is 10.6. The molecule has 80 valence electrons. The van der Waals surface area contributed by atoms with Crippen molar-refractivity contribution in [3.8, 4) is 0 Å². The molecule has 1 atom stereocenters. The van der Waals surface area contributed by atoms with Crippen molar-refractivity contribution >= 4 is 11.7 Å². The molecular formula is C11H13NO3. The number of aliphatic hydroxyl groups excluding tert-OH is 1. The van der Waals surface area contributed by atoms with Crippen molar-refractivity contribution in [3.63, 3.8) is 0 Å². The second-order valence-corrected chi connectivity index (χ2v) is 3.41. The first kappa shape index (κ1) is 11.4. The number of carbonyl (C=O) groups is 1. The van der Waals surface area contributed by atoms with E-state index in [9.17, 15) is 4.79 Å². The van der Waals surface area contributed by atoms with Crippen LogP contribution in [-0.2, 0) is 0 Å². The van der Waals surface area contributed by atoms with Crippen LogP contribution >= 0.6 is 0 Å². The molecule has 15 heavy (non-hydrogen) atoms. The van der Waals surface area contributed by atoms with Crippen LogP contribution in [0.2, 0.25) is 0 Å². The van der Waals surface area contributed by atoms with Crippen LogP contribution in [-0.4, -0.2) is 28.0 Å². The smallest absolute Gasteiger partial charge is 0.335 e. The SMILES string of the molecule is CC(O)CC(=N)c1ccc(C(=O)O)cc1. The lowest BCUT2D eigenvalue weighted by Crippen LogP contribution is -2.09. The van der Waals surface area contributed by atoms with Crippen LogP contribution in [0, 0.1) is 5.41 Å². The number of benzene rings is 1. The molecule has 0 aliphatic carbocycles. The number of aliphatic hydroxyl groups is 1. The van der Waals surface area contributed by atoms with Gasteiger partial charge in [0.15, 0.2) is 0 Å². The molecule has 0 aromatic heterocycles. The van der Waals surface area contributed by atoms with Gasteiger partial charge >= 0.3 is 5.97 Å². The molecule has 1 unspecified atom stereocenters. The number of carboxylic acids is 1. The van der Waals surface area contributed by atoms with Crippen molar-refractivity contribution in [2.45, 2.75) is 19.4 Å². The fourth-order valence-corrected chi connectivity index (χ4v) is 1.23. The van der Waals surface area contributed by atoms with Gasteiger partial charge in [-0.1, -0.05) is 12.1 Å². The number of carboxylic acid groups (broad SMARTS) is 1. The summed E-state index contributed by atoms with van der Waals surface area (Å²) in [6, 6.07) is 6.06. The lowest BCUT2D eigenvalue weighted by Gasteiger charge is -2.06. The van der Waals surface area contributed by atoms with E-state index >= 15 is 0 Å². The molecular weight excluding hydrogens is 194 g/mol. The molecule has 4 nitrogen and oxygen atoms in total. The summed E-state index contributed by atoms with van der Waals surface area (Å²) < 4.78 is 0. The third kappa shape index (κ3) is 3.18. The van der Waals surface area contributed by atoms with E-state index in [-0.39, 0.29) is 12.0 Å². The lowest BCUT2D eigenvalue weighted by molar-refractivity contribution is 0.0697. The largest absolute Gasteiger partial charge is 0.478 e. The van der Waals surface area contributed by atoms with Crippen molar-refractivity contribution < 1.29 is 15.0 Å².